The summed E-state index contributed by atoms with van der Waals surface area (Å²) in [6, 6.07) is 12.2. The molecular weight excluding hydrogens is 464 g/mol. The quantitative estimate of drug-likeness (QED) is 0.704. The summed E-state index contributed by atoms with van der Waals surface area (Å²) in [6.45, 7) is 1.58. The zero-order chi connectivity index (χ0) is 23.2. The van der Waals surface area contributed by atoms with Gasteiger partial charge < -0.3 is 10.2 Å². The van der Waals surface area contributed by atoms with Gasteiger partial charge in [0.1, 0.15) is 10.9 Å². The number of anilines is 1. The molecule has 174 valence electrons. The fourth-order valence-corrected chi connectivity index (χ4v) is 7.34. The third kappa shape index (κ3) is 3.94. The Balaban J connectivity index is 1.33. The molecule has 3 heterocycles. The smallest absolute Gasteiger partial charge is 0.285 e. The lowest BCUT2D eigenvalue weighted by molar-refractivity contribution is -0.119. The van der Waals surface area contributed by atoms with Crippen LogP contribution in [-0.2, 0) is 24.8 Å². The van der Waals surface area contributed by atoms with Crippen LogP contribution >= 0.6 is 0 Å². The first kappa shape index (κ1) is 22.1. The average molecular weight is 489 g/mol. The lowest BCUT2D eigenvalue weighted by Crippen LogP contribution is -2.43. The Morgan fingerprint density at radius 1 is 0.970 bits per heavy atom. The molecule has 2 saturated heterocycles. The van der Waals surface area contributed by atoms with Crippen molar-refractivity contribution >= 4 is 37.5 Å². The van der Waals surface area contributed by atoms with E-state index in [1.807, 2.05) is 0 Å². The van der Waals surface area contributed by atoms with E-state index < -0.39 is 26.1 Å². The minimum Gasteiger partial charge on any atom is -0.343 e. The van der Waals surface area contributed by atoms with Gasteiger partial charge in [-0.25, -0.2) is 8.42 Å². The van der Waals surface area contributed by atoms with Crippen molar-refractivity contribution in [1.29, 1.82) is 0 Å². The van der Waals surface area contributed by atoms with Crippen molar-refractivity contribution in [2.45, 2.75) is 41.5 Å². The largest absolute Gasteiger partial charge is 0.343 e. The van der Waals surface area contributed by atoms with E-state index in [9.17, 15) is 21.6 Å². The molecule has 0 aliphatic carbocycles. The van der Waals surface area contributed by atoms with Crippen molar-refractivity contribution in [2.75, 3.05) is 25.0 Å². The van der Waals surface area contributed by atoms with Gasteiger partial charge in [0.2, 0.25) is 15.9 Å². The summed E-state index contributed by atoms with van der Waals surface area (Å²) in [6.07, 6.45) is 3.02. The molecule has 0 aromatic heterocycles. The van der Waals surface area contributed by atoms with E-state index in [1.54, 1.807) is 35.2 Å². The molecule has 5 rings (SSSR count). The lowest BCUT2D eigenvalue weighted by atomic mass is 10.1. The summed E-state index contributed by atoms with van der Waals surface area (Å²) in [5.74, 6) is 0.0161. The monoisotopic (exact) mass is 488 g/mol. The van der Waals surface area contributed by atoms with Crippen LogP contribution in [0.25, 0.3) is 0 Å². The van der Waals surface area contributed by atoms with E-state index in [4.69, 9.17) is 0 Å². The molecule has 2 fully saturated rings. The molecule has 0 unspecified atom stereocenters. The Morgan fingerprint density at radius 3 is 2.39 bits per heavy atom. The van der Waals surface area contributed by atoms with E-state index in [1.165, 1.54) is 22.5 Å². The van der Waals surface area contributed by atoms with Crippen LogP contribution in [0.3, 0.4) is 0 Å². The van der Waals surface area contributed by atoms with E-state index in [0.29, 0.717) is 43.1 Å². The summed E-state index contributed by atoms with van der Waals surface area (Å²) >= 11 is 0. The Morgan fingerprint density at radius 2 is 1.67 bits per heavy atom. The van der Waals surface area contributed by atoms with Gasteiger partial charge in [0.25, 0.3) is 10.0 Å². The fraction of sp³-hybridized carbons (Fsp3) is 0.364. The SMILES string of the molecule is O=C(Nc1ccc(S(=O)(=O)N2CCCC2)cc1)[C@H]1CCCN1C1=NS(=O)(=O)c2ccccc21. The third-order valence-electron chi connectivity index (χ3n) is 6.26. The molecule has 3 aliphatic rings. The van der Waals surface area contributed by atoms with Gasteiger partial charge in [-0.1, -0.05) is 12.1 Å². The minimum atomic E-state index is -3.77. The third-order valence-corrected chi connectivity index (χ3v) is 9.50. The van der Waals surface area contributed by atoms with Crippen LogP contribution in [0, 0.1) is 0 Å². The van der Waals surface area contributed by atoms with Crippen molar-refractivity contribution in [3.63, 3.8) is 0 Å². The molecule has 2 aromatic rings. The Labute approximate surface area is 193 Å². The van der Waals surface area contributed by atoms with Crippen LogP contribution < -0.4 is 5.32 Å². The summed E-state index contributed by atoms with van der Waals surface area (Å²) < 4.78 is 55.7. The van der Waals surface area contributed by atoms with Gasteiger partial charge >= 0.3 is 0 Å². The van der Waals surface area contributed by atoms with Crippen molar-refractivity contribution in [2.24, 2.45) is 4.40 Å². The zero-order valence-corrected chi connectivity index (χ0v) is 19.5. The number of nitrogens with zero attached hydrogens (tertiary/aromatic N) is 3. The van der Waals surface area contributed by atoms with Crippen LogP contribution in [0.2, 0.25) is 0 Å². The van der Waals surface area contributed by atoms with Crippen LogP contribution in [0.15, 0.2) is 62.7 Å². The zero-order valence-electron chi connectivity index (χ0n) is 17.8. The number of sulfonamides is 2. The van der Waals surface area contributed by atoms with Gasteiger partial charge in [-0.05, 0) is 62.1 Å². The first-order valence-electron chi connectivity index (χ1n) is 10.9. The highest BCUT2D eigenvalue weighted by Crippen LogP contribution is 2.31. The number of amidine groups is 1. The van der Waals surface area contributed by atoms with Gasteiger partial charge in [-0.15, -0.1) is 4.40 Å². The number of benzene rings is 2. The average Bonchev–Trinajstić information content (AvgIpc) is 3.54. The van der Waals surface area contributed by atoms with Crippen molar-refractivity contribution in [1.82, 2.24) is 9.21 Å². The summed E-state index contributed by atoms with van der Waals surface area (Å²) in [7, 11) is -7.29. The Kier molecular flexibility index (Phi) is 5.50. The second-order valence-electron chi connectivity index (χ2n) is 8.36. The number of hydrogen-bond donors (Lipinski definition) is 1. The molecule has 1 amide bonds. The first-order chi connectivity index (χ1) is 15.8. The van der Waals surface area contributed by atoms with Crippen molar-refractivity contribution in [3.05, 3.63) is 54.1 Å². The molecule has 0 saturated carbocycles. The summed E-state index contributed by atoms with van der Waals surface area (Å²) in [5, 5.41) is 2.84. The molecule has 9 nitrogen and oxygen atoms in total. The topological polar surface area (TPSA) is 116 Å². The predicted octanol–water partition coefficient (Wildman–Crippen LogP) is 2.02. The maximum absolute atomic E-state index is 13.1. The van der Waals surface area contributed by atoms with Crippen LogP contribution in [0.1, 0.15) is 31.2 Å². The molecule has 0 spiro atoms. The molecule has 1 atom stereocenters. The second kappa shape index (κ2) is 8.23. The molecule has 0 radical (unpaired) electrons. The standard InChI is InChI=1S/C22H24N4O5S2/c27-22(23-16-9-11-17(12-10-16)33(30,31)25-13-3-4-14-25)19-7-5-15-26(19)21-18-6-1-2-8-20(18)32(28,29)24-21/h1-2,6,8-12,19H,3-5,7,13-15H2,(H,23,27)/t19-/m1/s1. The predicted molar refractivity (Wildman–Crippen MR) is 123 cm³/mol. The number of hydrogen-bond acceptors (Lipinski definition) is 6. The number of fused-ring (bicyclic) bond motifs is 1. The molecular formula is C22H24N4O5S2. The number of carbonyl (C=O) groups is 1. The normalized spacial score (nSPS) is 22.2. The van der Waals surface area contributed by atoms with Crippen LogP contribution in [0.5, 0.6) is 0 Å². The van der Waals surface area contributed by atoms with E-state index in [2.05, 4.69) is 9.71 Å². The van der Waals surface area contributed by atoms with Crippen molar-refractivity contribution in [3.8, 4) is 0 Å². The molecule has 11 heteroatoms. The number of nitrogens with one attached hydrogen (secondary N) is 1. The highest BCUT2D eigenvalue weighted by atomic mass is 32.2. The number of likely N-dealkylation sites (tertiary alicyclic amines) is 1. The van der Waals surface area contributed by atoms with Gasteiger partial charge in [-0.3, -0.25) is 4.79 Å². The number of amides is 1. The molecule has 3 aliphatic heterocycles. The highest BCUT2D eigenvalue weighted by molar-refractivity contribution is 7.90. The van der Waals surface area contributed by atoms with E-state index in [-0.39, 0.29) is 15.7 Å². The van der Waals surface area contributed by atoms with Crippen LogP contribution in [-0.4, -0.2) is 63.5 Å². The van der Waals surface area contributed by atoms with Crippen LogP contribution in [0.4, 0.5) is 5.69 Å². The highest BCUT2D eigenvalue weighted by Gasteiger charge is 2.39. The minimum absolute atomic E-state index is 0.154. The number of rotatable bonds is 4. The van der Waals surface area contributed by atoms with Gasteiger partial charge in [0.15, 0.2) is 5.84 Å². The fourth-order valence-electron chi connectivity index (χ4n) is 4.60. The van der Waals surface area contributed by atoms with Crippen molar-refractivity contribution < 1.29 is 21.6 Å². The maximum atomic E-state index is 13.1. The summed E-state index contributed by atoms with van der Waals surface area (Å²) in [4.78, 5) is 15.2. The van der Waals surface area contributed by atoms with E-state index in [0.717, 1.165) is 19.3 Å². The Hall–Kier alpha value is -2.76. The molecule has 33 heavy (non-hydrogen) atoms. The lowest BCUT2D eigenvalue weighted by Gasteiger charge is -2.25. The Bertz CT molecular complexity index is 1330. The summed E-state index contributed by atoms with van der Waals surface area (Å²) in [5.41, 5.74) is 0.988. The van der Waals surface area contributed by atoms with E-state index >= 15 is 0 Å². The molecule has 0 bridgehead atoms. The first-order valence-corrected chi connectivity index (χ1v) is 13.8. The molecule has 1 N–H and O–H groups in total. The van der Waals surface area contributed by atoms with Gasteiger partial charge in [0.05, 0.1) is 4.90 Å². The number of carbonyl (C=O) groups excluding carboxylic acids is 1. The molecule has 2 aromatic carbocycles. The maximum Gasteiger partial charge on any atom is 0.285 e. The van der Waals surface area contributed by atoms with Gasteiger partial charge in [-0.2, -0.15) is 12.7 Å². The second-order valence-corrected chi connectivity index (χ2v) is 11.9. The van der Waals surface area contributed by atoms with Gasteiger partial charge in [0, 0.05) is 30.9 Å².